The SMILES string of the molecule is Cn1cc(CCOc2ccc(Br)cc2C#N)cn1. The van der Waals surface area contributed by atoms with E-state index in [1.165, 1.54) is 0 Å². The van der Waals surface area contributed by atoms with Crippen molar-refractivity contribution in [3.8, 4) is 11.8 Å². The molecule has 0 aliphatic heterocycles. The first kappa shape index (κ1) is 12.7. The van der Waals surface area contributed by atoms with Gasteiger partial charge in [0, 0.05) is 24.1 Å². The van der Waals surface area contributed by atoms with Gasteiger partial charge >= 0.3 is 0 Å². The van der Waals surface area contributed by atoms with Crippen molar-refractivity contribution in [2.45, 2.75) is 6.42 Å². The lowest BCUT2D eigenvalue weighted by atomic mass is 10.2. The summed E-state index contributed by atoms with van der Waals surface area (Å²) >= 11 is 3.33. The number of nitriles is 1. The van der Waals surface area contributed by atoms with E-state index in [4.69, 9.17) is 10.00 Å². The molecule has 0 atom stereocenters. The minimum absolute atomic E-state index is 0.530. The average Bonchev–Trinajstić information content (AvgIpc) is 2.77. The second-order valence-electron chi connectivity index (χ2n) is 3.87. The van der Waals surface area contributed by atoms with Crippen LogP contribution in [0.1, 0.15) is 11.1 Å². The second-order valence-corrected chi connectivity index (χ2v) is 4.79. The summed E-state index contributed by atoms with van der Waals surface area (Å²) in [6.07, 6.45) is 4.54. The number of ether oxygens (including phenoxy) is 1. The third kappa shape index (κ3) is 3.11. The molecule has 1 aromatic carbocycles. The summed E-state index contributed by atoms with van der Waals surface area (Å²) in [7, 11) is 1.88. The van der Waals surface area contributed by atoms with Crippen LogP contribution in [0.2, 0.25) is 0 Å². The summed E-state index contributed by atoms with van der Waals surface area (Å²) in [6, 6.07) is 7.53. The molecule has 18 heavy (non-hydrogen) atoms. The summed E-state index contributed by atoms with van der Waals surface area (Å²) in [4.78, 5) is 0. The summed E-state index contributed by atoms with van der Waals surface area (Å²) in [5.74, 6) is 0.615. The highest BCUT2D eigenvalue weighted by Gasteiger charge is 2.04. The molecule has 4 nitrogen and oxygen atoms in total. The first-order valence-corrected chi connectivity index (χ1v) is 6.28. The van der Waals surface area contributed by atoms with Crippen molar-refractivity contribution in [2.75, 3.05) is 6.61 Å². The van der Waals surface area contributed by atoms with Crippen LogP contribution in [0.5, 0.6) is 5.75 Å². The van der Waals surface area contributed by atoms with E-state index >= 15 is 0 Å². The van der Waals surface area contributed by atoms with Crippen molar-refractivity contribution in [2.24, 2.45) is 7.05 Å². The predicted molar refractivity (Wildman–Crippen MR) is 71.3 cm³/mol. The Morgan fingerprint density at radius 1 is 1.50 bits per heavy atom. The first-order valence-electron chi connectivity index (χ1n) is 5.49. The van der Waals surface area contributed by atoms with Crippen molar-refractivity contribution in [3.63, 3.8) is 0 Å². The maximum absolute atomic E-state index is 9.00. The van der Waals surface area contributed by atoms with Crippen LogP contribution in [0.3, 0.4) is 0 Å². The largest absolute Gasteiger partial charge is 0.492 e. The lowest BCUT2D eigenvalue weighted by molar-refractivity contribution is 0.321. The van der Waals surface area contributed by atoms with Crippen LogP contribution in [-0.4, -0.2) is 16.4 Å². The second kappa shape index (κ2) is 5.69. The molecule has 0 N–H and O–H groups in total. The van der Waals surface area contributed by atoms with Crippen LogP contribution in [0.25, 0.3) is 0 Å². The number of aromatic nitrogens is 2. The summed E-state index contributed by atoms with van der Waals surface area (Å²) in [6.45, 7) is 0.530. The lowest BCUT2D eigenvalue weighted by Crippen LogP contribution is -2.02. The van der Waals surface area contributed by atoms with E-state index in [1.807, 2.05) is 25.5 Å². The summed E-state index contributed by atoms with van der Waals surface area (Å²) in [5.41, 5.74) is 1.66. The van der Waals surface area contributed by atoms with Gasteiger partial charge in [-0.25, -0.2) is 0 Å². The smallest absolute Gasteiger partial charge is 0.137 e. The number of halogens is 1. The Hall–Kier alpha value is -1.80. The molecular formula is C13H12BrN3O. The van der Waals surface area contributed by atoms with Crippen LogP contribution in [0, 0.1) is 11.3 Å². The maximum atomic E-state index is 9.00. The van der Waals surface area contributed by atoms with Gasteiger partial charge in [-0.2, -0.15) is 10.4 Å². The topological polar surface area (TPSA) is 50.8 Å². The zero-order chi connectivity index (χ0) is 13.0. The van der Waals surface area contributed by atoms with Crippen molar-refractivity contribution in [1.29, 1.82) is 5.26 Å². The molecule has 0 spiro atoms. The Bertz CT molecular complexity index is 586. The molecule has 0 saturated heterocycles. The van der Waals surface area contributed by atoms with E-state index in [0.29, 0.717) is 17.9 Å². The fourth-order valence-corrected chi connectivity index (χ4v) is 1.96. The molecule has 2 aromatic rings. The van der Waals surface area contributed by atoms with Gasteiger partial charge in [-0.15, -0.1) is 0 Å². The molecule has 1 heterocycles. The molecule has 1 aromatic heterocycles. The Kier molecular flexibility index (Phi) is 4.00. The average molecular weight is 306 g/mol. The van der Waals surface area contributed by atoms with E-state index in [0.717, 1.165) is 16.5 Å². The molecule has 92 valence electrons. The highest BCUT2D eigenvalue weighted by molar-refractivity contribution is 9.10. The molecule has 0 unspecified atom stereocenters. The quantitative estimate of drug-likeness (QED) is 0.872. The molecule has 0 aliphatic carbocycles. The Morgan fingerprint density at radius 2 is 2.33 bits per heavy atom. The fourth-order valence-electron chi connectivity index (χ4n) is 1.60. The minimum atomic E-state index is 0.530. The Balaban J connectivity index is 1.96. The Labute approximate surface area is 114 Å². The van der Waals surface area contributed by atoms with Crippen molar-refractivity contribution in [3.05, 3.63) is 46.2 Å². The number of benzene rings is 1. The van der Waals surface area contributed by atoms with Gasteiger partial charge in [0.2, 0.25) is 0 Å². The molecule has 2 rings (SSSR count). The van der Waals surface area contributed by atoms with Gasteiger partial charge in [-0.1, -0.05) is 15.9 Å². The van der Waals surface area contributed by atoms with E-state index in [-0.39, 0.29) is 0 Å². The van der Waals surface area contributed by atoms with Crippen molar-refractivity contribution < 1.29 is 4.74 Å². The molecule has 0 bridgehead atoms. The highest BCUT2D eigenvalue weighted by Crippen LogP contribution is 2.22. The zero-order valence-electron chi connectivity index (χ0n) is 9.93. The van der Waals surface area contributed by atoms with Crippen molar-refractivity contribution in [1.82, 2.24) is 9.78 Å². The molecule has 0 radical (unpaired) electrons. The number of aryl methyl sites for hydroxylation is 1. The minimum Gasteiger partial charge on any atom is -0.492 e. The first-order chi connectivity index (χ1) is 8.69. The normalized spacial score (nSPS) is 10.1. The Morgan fingerprint density at radius 3 is 3.00 bits per heavy atom. The van der Waals surface area contributed by atoms with Crippen LogP contribution in [0.15, 0.2) is 35.1 Å². The van der Waals surface area contributed by atoms with E-state index in [1.54, 1.807) is 16.8 Å². The number of nitrogens with zero attached hydrogens (tertiary/aromatic N) is 3. The highest BCUT2D eigenvalue weighted by atomic mass is 79.9. The number of rotatable bonds is 4. The third-order valence-corrected chi connectivity index (χ3v) is 2.96. The number of hydrogen-bond acceptors (Lipinski definition) is 3. The molecule has 0 fully saturated rings. The van der Waals surface area contributed by atoms with Gasteiger partial charge in [-0.05, 0) is 23.8 Å². The van der Waals surface area contributed by atoms with E-state index < -0.39 is 0 Å². The van der Waals surface area contributed by atoms with Crippen LogP contribution >= 0.6 is 15.9 Å². The number of hydrogen-bond donors (Lipinski definition) is 0. The summed E-state index contributed by atoms with van der Waals surface area (Å²) < 4.78 is 8.25. The van der Waals surface area contributed by atoms with Crippen LogP contribution in [0.4, 0.5) is 0 Å². The molecule has 0 aliphatic rings. The fraction of sp³-hybridized carbons (Fsp3) is 0.231. The van der Waals surface area contributed by atoms with E-state index in [2.05, 4.69) is 27.1 Å². The molecule has 0 amide bonds. The van der Waals surface area contributed by atoms with E-state index in [9.17, 15) is 0 Å². The lowest BCUT2D eigenvalue weighted by Gasteiger charge is -2.07. The zero-order valence-corrected chi connectivity index (χ0v) is 11.5. The van der Waals surface area contributed by atoms with Crippen LogP contribution in [-0.2, 0) is 13.5 Å². The van der Waals surface area contributed by atoms with Gasteiger partial charge in [0.15, 0.2) is 0 Å². The van der Waals surface area contributed by atoms with Crippen LogP contribution < -0.4 is 4.74 Å². The van der Waals surface area contributed by atoms with Gasteiger partial charge in [0.05, 0.1) is 18.4 Å². The van der Waals surface area contributed by atoms with Crippen molar-refractivity contribution >= 4 is 15.9 Å². The third-order valence-electron chi connectivity index (χ3n) is 2.47. The van der Waals surface area contributed by atoms with Gasteiger partial charge in [0.1, 0.15) is 11.8 Å². The maximum Gasteiger partial charge on any atom is 0.137 e. The summed E-state index contributed by atoms with van der Waals surface area (Å²) in [5, 5.41) is 13.1. The molecular weight excluding hydrogens is 294 g/mol. The monoisotopic (exact) mass is 305 g/mol. The molecule has 0 saturated carbocycles. The standard InChI is InChI=1S/C13H12BrN3O/c1-17-9-10(8-16-17)4-5-18-13-3-2-12(14)6-11(13)7-15/h2-3,6,8-9H,4-5H2,1H3. The van der Waals surface area contributed by atoms with Gasteiger partial charge in [-0.3, -0.25) is 4.68 Å². The molecule has 5 heteroatoms. The predicted octanol–water partition coefficient (Wildman–Crippen LogP) is 2.68. The van der Waals surface area contributed by atoms with Gasteiger partial charge < -0.3 is 4.74 Å². The van der Waals surface area contributed by atoms with Gasteiger partial charge in [0.25, 0.3) is 0 Å².